The number of hydrogen-bond acceptors (Lipinski definition) is 4. The monoisotopic (exact) mass is 392 g/mol. The summed E-state index contributed by atoms with van der Waals surface area (Å²) in [4.78, 5) is 26.1. The van der Waals surface area contributed by atoms with Crippen LogP contribution >= 0.6 is 11.6 Å². The van der Waals surface area contributed by atoms with Gasteiger partial charge in [0.15, 0.2) is 5.82 Å². The fourth-order valence-electron chi connectivity index (χ4n) is 3.41. The van der Waals surface area contributed by atoms with Crippen LogP contribution in [0.5, 0.6) is 0 Å². The van der Waals surface area contributed by atoms with Crippen molar-refractivity contribution in [2.45, 2.75) is 6.92 Å². The molecule has 0 unspecified atom stereocenters. The molecule has 2 aromatic carbocycles. The van der Waals surface area contributed by atoms with Gasteiger partial charge in [-0.15, -0.1) is 0 Å². The van der Waals surface area contributed by atoms with Crippen molar-refractivity contribution in [1.82, 2.24) is 14.9 Å². The summed E-state index contributed by atoms with van der Waals surface area (Å²) in [7, 11) is 0. The van der Waals surface area contributed by atoms with Crippen LogP contribution in [0.4, 0.5) is 5.69 Å². The number of nitrogens with zero attached hydrogens (tertiary/aromatic N) is 4. The maximum Gasteiger partial charge on any atom is 0.257 e. The predicted octanol–water partition coefficient (Wildman–Crippen LogP) is 4.07. The van der Waals surface area contributed by atoms with Gasteiger partial charge in [-0.3, -0.25) is 4.79 Å². The number of carbonyl (C=O) groups excluding carboxylic acids is 1. The number of amides is 1. The van der Waals surface area contributed by atoms with Crippen LogP contribution in [0.1, 0.15) is 16.1 Å². The van der Waals surface area contributed by atoms with Gasteiger partial charge in [0.25, 0.3) is 5.91 Å². The van der Waals surface area contributed by atoms with Crippen molar-refractivity contribution in [1.29, 1.82) is 0 Å². The number of aromatic nitrogens is 2. The first-order valence-corrected chi connectivity index (χ1v) is 9.68. The van der Waals surface area contributed by atoms with Crippen LogP contribution in [-0.2, 0) is 0 Å². The molecule has 1 fully saturated rings. The summed E-state index contributed by atoms with van der Waals surface area (Å²) in [6.45, 7) is 4.72. The number of anilines is 1. The quantitative estimate of drug-likeness (QED) is 0.674. The van der Waals surface area contributed by atoms with Gasteiger partial charge in [-0.1, -0.05) is 48.0 Å². The second-order valence-electron chi connectivity index (χ2n) is 6.82. The Hall–Kier alpha value is -2.92. The maximum atomic E-state index is 13.0. The molecule has 2 heterocycles. The Labute approximate surface area is 169 Å². The summed E-state index contributed by atoms with van der Waals surface area (Å²) in [6.07, 6.45) is 1.65. The SMILES string of the molecule is Cc1nc(-c2ccccc2)ncc1C(=O)N1CCN(c2cccc(Cl)c2)CC1. The Morgan fingerprint density at radius 3 is 2.43 bits per heavy atom. The lowest BCUT2D eigenvalue weighted by atomic mass is 10.1. The number of halogens is 1. The molecule has 142 valence electrons. The molecule has 0 bridgehead atoms. The molecule has 0 aliphatic carbocycles. The van der Waals surface area contributed by atoms with Gasteiger partial charge in [-0.25, -0.2) is 9.97 Å². The normalized spacial score (nSPS) is 14.2. The zero-order chi connectivity index (χ0) is 19.5. The van der Waals surface area contributed by atoms with Crippen molar-refractivity contribution >= 4 is 23.2 Å². The Kier molecular flexibility index (Phi) is 5.26. The first kappa shape index (κ1) is 18.4. The van der Waals surface area contributed by atoms with E-state index in [0.717, 1.165) is 29.4 Å². The van der Waals surface area contributed by atoms with Crippen LogP contribution in [0.15, 0.2) is 60.8 Å². The molecule has 6 heteroatoms. The summed E-state index contributed by atoms with van der Waals surface area (Å²) in [5.41, 5.74) is 3.30. The Bertz CT molecular complexity index is 985. The van der Waals surface area contributed by atoms with Gasteiger partial charge in [-0.2, -0.15) is 0 Å². The highest BCUT2D eigenvalue weighted by Gasteiger charge is 2.24. The van der Waals surface area contributed by atoms with Gasteiger partial charge in [0.2, 0.25) is 0 Å². The molecule has 4 rings (SSSR count). The summed E-state index contributed by atoms with van der Waals surface area (Å²) < 4.78 is 0. The molecule has 0 atom stereocenters. The minimum atomic E-state index is -0.0112. The van der Waals surface area contributed by atoms with Crippen LogP contribution in [0.2, 0.25) is 5.02 Å². The molecule has 1 aliphatic rings. The molecule has 0 spiro atoms. The molecule has 0 radical (unpaired) electrons. The fraction of sp³-hybridized carbons (Fsp3) is 0.227. The van der Waals surface area contributed by atoms with E-state index in [1.165, 1.54) is 0 Å². The molecular weight excluding hydrogens is 372 g/mol. The van der Waals surface area contributed by atoms with E-state index in [1.54, 1.807) is 6.20 Å². The largest absolute Gasteiger partial charge is 0.368 e. The van der Waals surface area contributed by atoms with Crippen LogP contribution in [-0.4, -0.2) is 47.0 Å². The number of aryl methyl sites for hydroxylation is 1. The van der Waals surface area contributed by atoms with Crippen molar-refractivity contribution < 1.29 is 4.79 Å². The third kappa shape index (κ3) is 3.85. The number of piperazine rings is 1. The van der Waals surface area contributed by atoms with Crippen molar-refractivity contribution in [3.8, 4) is 11.4 Å². The van der Waals surface area contributed by atoms with E-state index in [0.29, 0.717) is 30.2 Å². The van der Waals surface area contributed by atoms with E-state index in [1.807, 2.05) is 66.4 Å². The van der Waals surface area contributed by atoms with Crippen molar-refractivity contribution in [2.75, 3.05) is 31.1 Å². The van der Waals surface area contributed by atoms with Crippen LogP contribution in [0.3, 0.4) is 0 Å². The zero-order valence-electron chi connectivity index (χ0n) is 15.7. The topological polar surface area (TPSA) is 49.3 Å². The predicted molar refractivity (Wildman–Crippen MR) is 112 cm³/mol. The molecule has 1 amide bonds. The average molecular weight is 393 g/mol. The maximum absolute atomic E-state index is 13.0. The molecule has 0 saturated carbocycles. The third-order valence-corrected chi connectivity index (χ3v) is 5.22. The smallest absolute Gasteiger partial charge is 0.257 e. The highest BCUT2D eigenvalue weighted by Crippen LogP contribution is 2.22. The highest BCUT2D eigenvalue weighted by atomic mass is 35.5. The van der Waals surface area contributed by atoms with E-state index in [4.69, 9.17) is 11.6 Å². The minimum absolute atomic E-state index is 0.0112. The Balaban J connectivity index is 1.45. The Morgan fingerprint density at radius 2 is 1.75 bits per heavy atom. The van der Waals surface area contributed by atoms with E-state index < -0.39 is 0 Å². The van der Waals surface area contributed by atoms with Gasteiger partial charge >= 0.3 is 0 Å². The van der Waals surface area contributed by atoms with Crippen LogP contribution in [0, 0.1) is 6.92 Å². The van der Waals surface area contributed by atoms with Crippen LogP contribution in [0.25, 0.3) is 11.4 Å². The minimum Gasteiger partial charge on any atom is -0.368 e. The summed E-state index contributed by atoms with van der Waals surface area (Å²) in [6, 6.07) is 17.6. The summed E-state index contributed by atoms with van der Waals surface area (Å²) >= 11 is 6.09. The van der Waals surface area contributed by atoms with Gasteiger partial charge < -0.3 is 9.80 Å². The van der Waals surface area contributed by atoms with Gasteiger partial charge in [0.1, 0.15) is 0 Å². The van der Waals surface area contributed by atoms with Gasteiger partial charge in [0, 0.05) is 48.6 Å². The Morgan fingerprint density at radius 1 is 1.00 bits per heavy atom. The number of hydrogen-bond donors (Lipinski definition) is 0. The first-order valence-electron chi connectivity index (χ1n) is 9.30. The molecule has 1 aliphatic heterocycles. The van der Waals surface area contributed by atoms with E-state index in [9.17, 15) is 4.79 Å². The molecule has 1 saturated heterocycles. The average Bonchev–Trinajstić information content (AvgIpc) is 2.74. The molecule has 5 nitrogen and oxygen atoms in total. The van der Waals surface area contributed by atoms with E-state index in [-0.39, 0.29) is 5.91 Å². The second kappa shape index (κ2) is 7.98. The lowest BCUT2D eigenvalue weighted by molar-refractivity contribution is 0.0745. The van der Waals surface area contributed by atoms with Crippen molar-refractivity contribution in [3.05, 3.63) is 77.1 Å². The van der Waals surface area contributed by atoms with Crippen LogP contribution < -0.4 is 4.90 Å². The number of rotatable bonds is 3. The summed E-state index contributed by atoms with van der Waals surface area (Å²) in [5, 5.41) is 0.724. The first-order chi connectivity index (χ1) is 13.6. The summed E-state index contributed by atoms with van der Waals surface area (Å²) in [5.74, 6) is 0.628. The van der Waals surface area contributed by atoms with E-state index >= 15 is 0 Å². The molecule has 3 aromatic rings. The molecular formula is C22H21ClN4O. The third-order valence-electron chi connectivity index (χ3n) is 4.98. The molecule has 0 N–H and O–H groups in total. The lowest BCUT2D eigenvalue weighted by Crippen LogP contribution is -2.49. The number of carbonyl (C=O) groups is 1. The second-order valence-corrected chi connectivity index (χ2v) is 7.25. The lowest BCUT2D eigenvalue weighted by Gasteiger charge is -2.36. The van der Waals surface area contributed by atoms with Crippen molar-refractivity contribution in [3.63, 3.8) is 0 Å². The van der Waals surface area contributed by atoms with Gasteiger partial charge in [0.05, 0.1) is 11.3 Å². The fourth-order valence-corrected chi connectivity index (χ4v) is 3.60. The highest BCUT2D eigenvalue weighted by molar-refractivity contribution is 6.30. The van der Waals surface area contributed by atoms with Crippen molar-refractivity contribution in [2.24, 2.45) is 0 Å². The molecule has 28 heavy (non-hydrogen) atoms. The number of benzene rings is 2. The standard InChI is InChI=1S/C22H21ClN4O/c1-16-20(15-24-21(25-16)17-6-3-2-4-7-17)22(28)27-12-10-26(11-13-27)19-9-5-8-18(23)14-19/h2-9,14-15H,10-13H2,1H3. The molecule has 1 aromatic heterocycles. The van der Waals surface area contributed by atoms with E-state index in [2.05, 4.69) is 14.9 Å². The van der Waals surface area contributed by atoms with Gasteiger partial charge in [-0.05, 0) is 25.1 Å². The zero-order valence-corrected chi connectivity index (χ0v) is 16.4.